The van der Waals surface area contributed by atoms with Gasteiger partial charge in [-0.2, -0.15) is 4.31 Å². The van der Waals surface area contributed by atoms with Gasteiger partial charge in [-0.1, -0.05) is 6.92 Å². The summed E-state index contributed by atoms with van der Waals surface area (Å²) in [5, 5.41) is 9.06. The molecule has 3 aromatic rings. The van der Waals surface area contributed by atoms with Crippen LogP contribution in [0.5, 0.6) is 11.5 Å². The number of aromatic amines is 1. The summed E-state index contributed by atoms with van der Waals surface area (Å²) in [5.74, 6) is 0.897. The van der Waals surface area contributed by atoms with Crippen molar-refractivity contribution in [3.63, 3.8) is 0 Å². The molecule has 0 radical (unpaired) electrons. The van der Waals surface area contributed by atoms with Gasteiger partial charge in [0.1, 0.15) is 23.4 Å². The van der Waals surface area contributed by atoms with Gasteiger partial charge in [-0.15, -0.1) is 0 Å². The van der Waals surface area contributed by atoms with Gasteiger partial charge in [0.2, 0.25) is 10.0 Å². The number of carbonyl (C=O) groups is 1. The van der Waals surface area contributed by atoms with Crippen molar-refractivity contribution in [2.24, 2.45) is 5.92 Å². The molecule has 1 aromatic heterocycles. The van der Waals surface area contributed by atoms with E-state index in [-0.39, 0.29) is 17.4 Å². The van der Waals surface area contributed by atoms with E-state index in [1.54, 1.807) is 49.1 Å². The second-order valence-electron chi connectivity index (χ2n) is 7.69. The second kappa shape index (κ2) is 9.11. The number of benzene rings is 2. The summed E-state index contributed by atoms with van der Waals surface area (Å²) in [6.45, 7) is 2.01. The summed E-state index contributed by atoms with van der Waals surface area (Å²) in [6, 6.07) is 12.4. The average molecular weight is 457 g/mol. The van der Waals surface area contributed by atoms with E-state index in [0.29, 0.717) is 24.3 Å². The summed E-state index contributed by atoms with van der Waals surface area (Å²) in [4.78, 5) is 19.4. The lowest BCUT2D eigenvalue weighted by Crippen LogP contribution is -2.54. The van der Waals surface area contributed by atoms with E-state index >= 15 is 0 Å². The number of H-pyrrole nitrogens is 1. The Hall–Kier alpha value is -3.21. The molecule has 32 heavy (non-hydrogen) atoms. The van der Waals surface area contributed by atoms with E-state index in [2.05, 4.69) is 9.97 Å². The van der Waals surface area contributed by atoms with Crippen LogP contribution in [0.3, 0.4) is 0 Å². The van der Waals surface area contributed by atoms with Gasteiger partial charge in [-0.3, -0.25) is 10.0 Å². The average Bonchev–Trinajstić information content (AvgIpc) is 3.34. The van der Waals surface area contributed by atoms with Crippen LogP contribution < -0.4 is 10.2 Å². The molecule has 1 saturated heterocycles. The highest BCUT2D eigenvalue weighted by molar-refractivity contribution is 7.89. The molecule has 2 aromatic carbocycles. The predicted octanol–water partition coefficient (Wildman–Crippen LogP) is 3.16. The summed E-state index contributed by atoms with van der Waals surface area (Å²) in [5.41, 5.74) is 2.51. The number of nitrogens with one attached hydrogen (secondary N) is 2. The molecule has 2 atom stereocenters. The molecule has 0 aliphatic carbocycles. The Morgan fingerprint density at radius 1 is 1.16 bits per heavy atom. The number of aromatic nitrogens is 2. The molecule has 4 rings (SSSR count). The zero-order valence-corrected chi connectivity index (χ0v) is 18.2. The molecule has 3 N–H and O–H groups in total. The van der Waals surface area contributed by atoms with Crippen LogP contribution in [0, 0.1) is 5.92 Å². The Bertz CT molecular complexity index is 1160. The maximum absolute atomic E-state index is 13.2. The van der Waals surface area contributed by atoms with Crippen LogP contribution in [-0.4, -0.2) is 46.4 Å². The van der Waals surface area contributed by atoms with E-state index < -0.39 is 22.0 Å². The number of hydroxylamine groups is 1. The van der Waals surface area contributed by atoms with Crippen molar-refractivity contribution in [2.45, 2.75) is 30.7 Å². The lowest BCUT2D eigenvalue weighted by molar-refractivity contribution is -0.135. The number of rotatable bonds is 6. The van der Waals surface area contributed by atoms with Crippen molar-refractivity contribution in [1.29, 1.82) is 0 Å². The minimum atomic E-state index is -3.92. The first-order valence-corrected chi connectivity index (χ1v) is 11.7. The largest absolute Gasteiger partial charge is 0.457 e. The zero-order chi connectivity index (χ0) is 22.7. The van der Waals surface area contributed by atoms with Gasteiger partial charge in [0.15, 0.2) is 0 Å². The van der Waals surface area contributed by atoms with Crippen LogP contribution in [0.1, 0.15) is 19.8 Å². The molecule has 2 heterocycles. The Morgan fingerprint density at radius 3 is 2.41 bits per heavy atom. The Morgan fingerprint density at radius 2 is 1.81 bits per heavy atom. The van der Waals surface area contributed by atoms with Gasteiger partial charge in [0, 0.05) is 24.5 Å². The van der Waals surface area contributed by atoms with Gasteiger partial charge in [0.25, 0.3) is 5.91 Å². The fraction of sp³-hybridized carbons (Fsp3) is 0.273. The van der Waals surface area contributed by atoms with Crippen LogP contribution in [0.25, 0.3) is 11.4 Å². The van der Waals surface area contributed by atoms with Crippen molar-refractivity contribution in [1.82, 2.24) is 19.8 Å². The quantitative estimate of drug-likeness (QED) is 0.387. The Kier molecular flexibility index (Phi) is 6.26. The fourth-order valence-corrected chi connectivity index (χ4v) is 5.65. The summed E-state index contributed by atoms with van der Waals surface area (Å²) >= 11 is 0. The molecule has 10 heteroatoms. The first-order chi connectivity index (χ1) is 15.4. The highest BCUT2D eigenvalue weighted by atomic mass is 32.2. The van der Waals surface area contributed by atoms with Gasteiger partial charge in [-0.25, -0.2) is 18.9 Å². The summed E-state index contributed by atoms with van der Waals surface area (Å²) in [6.07, 6.45) is 4.77. The van der Waals surface area contributed by atoms with E-state index in [4.69, 9.17) is 9.94 Å². The van der Waals surface area contributed by atoms with Gasteiger partial charge >= 0.3 is 0 Å². The number of sulfonamides is 1. The molecular weight excluding hydrogens is 432 g/mol. The van der Waals surface area contributed by atoms with Gasteiger partial charge in [-0.05, 0) is 67.3 Å². The lowest BCUT2D eigenvalue weighted by Gasteiger charge is -2.37. The number of hydrogen-bond donors (Lipinski definition) is 3. The Labute approximate surface area is 186 Å². The number of imidazole rings is 1. The normalized spacial score (nSPS) is 19.4. The van der Waals surface area contributed by atoms with Crippen LogP contribution in [0.2, 0.25) is 0 Å². The molecule has 1 aliphatic rings. The summed E-state index contributed by atoms with van der Waals surface area (Å²) in [7, 11) is -3.92. The molecule has 9 nitrogen and oxygen atoms in total. The third-order valence-corrected chi connectivity index (χ3v) is 7.45. The third kappa shape index (κ3) is 4.38. The van der Waals surface area contributed by atoms with E-state index in [9.17, 15) is 13.2 Å². The molecule has 0 spiro atoms. The van der Waals surface area contributed by atoms with E-state index in [1.165, 1.54) is 12.1 Å². The number of piperidine rings is 1. The van der Waals surface area contributed by atoms with Crippen LogP contribution >= 0.6 is 0 Å². The highest BCUT2D eigenvalue weighted by Crippen LogP contribution is 2.31. The first-order valence-electron chi connectivity index (χ1n) is 10.2. The van der Waals surface area contributed by atoms with Crippen molar-refractivity contribution in [3.8, 4) is 22.9 Å². The molecule has 168 valence electrons. The molecule has 1 fully saturated rings. The monoisotopic (exact) mass is 456 g/mol. The number of nitrogens with zero attached hydrogens (tertiary/aromatic N) is 2. The van der Waals surface area contributed by atoms with Crippen molar-refractivity contribution < 1.29 is 23.2 Å². The topological polar surface area (TPSA) is 125 Å². The number of carbonyl (C=O) groups excluding carboxylic acids is 1. The maximum atomic E-state index is 13.2. The van der Waals surface area contributed by atoms with Crippen molar-refractivity contribution >= 4 is 15.9 Å². The van der Waals surface area contributed by atoms with Crippen LogP contribution in [0.15, 0.2) is 65.8 Å². The highest BCUT2D eigenvalue weighted by Gasteiger charge is 2.41. The standard InChI is InChI=1S/C22H24N4O5S/c1-15-3-2-14-26(20(15)22(27)25-28)32(29,30)19-10-8-18(9-11-19)31-17-6-4-16(5-7-17)21-23-12-13-24-21/h4-13,15,20,28H,2-3,14H2,1H3,(H,23,24)(H,25,27)/t15?,20-/m0/s1. The van der Waals surface area contributed by atoms with Gasteiger partial charge in [0.05, 0.1) is 4.90 Å². The Balaban J connectivity index is 1.50. The number of amides is 1. The maximum Gasteiger partial charge on any atom is 0.262 e. The van der Waals surface area contributed by atoms with Crippen molar-refractivity contribution in [3.05, 3.63) is 60.9 Å². The van der Waals surface area contributed by atoms with E-state index in [1.807, 2.05) is 12.1 Å². The van der Waals surface area contributed by atoms with Gasteiger partial charge < -0.3 is 9.72 Å². The molecule has 1 aliphatic heterocycles. The summed E-state index contributed by atoms with van der Waals surface area (Å²) < 4.78 is 33.4. The molecule has 1 amide bonds. The van der Waals surface area contributed by atoms with Crippen LogP contribution in [0.4, 0.5) is 0 Å². The second-order valence-corrected chi connectivity index (χ2v) is 9.58. The fourth-order valence-electron chi connectivity index (χ4n) is 3.93. The minimum absolute atomic E-state index is 0.0582. The minimum Gasteiger partial charge on any atom is -0.457 e. The van der Waals surface area contributed by atoms with Crippen LogP contribution in [-0.2, 0) is 14.8 Å². The molecular formula is C22H24N4O5S. The third-order valence-electron chi connectivity index (χ3n) is 5.56. The first kappa shape index (κ1) is 22.0. The van der Waals surface area contributed by atoms with E-state index in [0.717, 1.165) is 15.7 Å². The van der Waals surface area contributed by atoms with Crippen molar-refractivity contribution in [2.75, 3.05) is 6.54 Å². The molecule has 1 unspecified atom stereocenters. The zero-order valence-electron chi connectivity index (χ0n) is 17.4. The SMILES string of the molecule is CC1CCCN(S(=O)(=O)c2ccc(Oc3ccc(-c4ncc[nH]4)cc3)cc2)[C@@H]1C(=O)NO. The molecule has 0 bridgehead atoms. The number of ether oxygens (including phenoxy) is 1. The predicted molar refractivity (Wildman–Crippen MR) is 117 cm³/mol. The molecule has 0 saturated carbocycles. The number of hydrogen-bond acceptors (Lipinski definition) is 6. The lowest BCUT2D eigenvalue weighted by atomic mass is 9.92. The smallest absolute Gasteiger partial charge is 0.262 e.